The zero-order valence-electron chi connectivity index (χ0n) is 8.13. The lowest BCUT2D eigenvalue weighted by Crippen LogP contribution is -2.03. The average molecular weight is 194 g/mol. The van der Waals surface area contributed by atoms with Gasteiger partial charge in [0.25, 0.3) is 0 Å². The highest BCUT2D eigenvalue weighted by Crippen LogP contribution is 2.24. The summed E-state index contributed by atoms with van der Waals surface area (Å²) < 4.78 is 18.1. The summed E-state index contributed by atoms with van der Waals surface area (Å²) in [6, 6.07) is 2.70. The van der Waals surface area contributed by atoms with Crippen LogP contribution < -0.4 is 4.74 Å². The maximum Gasteiger partial charge on any atom is 0.189 e. The number of hydrogen-bond donors (Lipinski definition) is 0. The van der Waals surface area contributed by atoms with Crippen molar-refractivity contribution in [1.29, 1.82) is 0 Å². The number of allylic oxidation sites excluding steroid dienone is 1. The minimum Gasteiger partial charge on any atom is -0.496 e. The van der Waals surface area contributed by atoms with E-state index in [0.717, 1.165) is 6.08 Å². The minimum absolute atomic E-state index is 0.238. The Balaban J connectivity index is 3.42. The van der Waals surface area contributed by atoms with E-state index in [1.807, 2.05) is 0 Å². The number of hydrogen-bond acceptors (Lipinski definition) is 2. The van der Waals surface area contributed by atoms with Crippen LogP contribution in [0.2, 0.25) is 0 Å². The van der Waals surface area contributed by atoms with Crippen molar-refractivity contribution < 1.29 is 13.9 Å². The fourth-order valence-electron chi connectivity index (χ4n) is 1.24. The summed E-state index contributed by atoms with van der Waals surface area (Å²) in [6.45, 7) is 4.89. The monoisotopic (exact) mass is 194 g/mol. The second-order valence-corrected chi connectivity index (χ2v) is 2.82. The first-order valence-electron chi connectivity index (χ1n) is 4.11. The molecule has 2 nitrogen and oxygen atoms in total. The van der Waals surface area contributed by atoms with Gasteiger partial charge in [-0.2, -0.15) is 0 Å². The Morgan fingerprint density at radius 1 is 1.57 bits per heavy atom. The van der Waals surface area contributed by atoms with Crippen LogP contribution in [-0.2, 0) is 0 Å². The number of carbonyl (C=O) groups is 1. The van der Waals surface area contributed by atoms with Crippen molar-refractivity contribution in [2.24, 2.45) is 0 Å². The van der Waals surface area contributed by atoms with Crippen LogP contribution in [0.5, 0.6) is 5.75 Å². The van der Waals surface area contributed by atoms with Gasteiger partial charge in [0.2, 0.25) is 0 Å². The summed E-state index contributed by atoms with van der Waals surface area (Å²) in [5.74, 6) is -0.386. The zero-order valence-corrected chi connectivity index (χ0v) is 8.13. The summed E-state index contributed by atoms with van der Waals surface area (Å²) in [6.07, 6.45) is 1.14. The molecule has 0 aliphatic heterocycles. The molecule has 0 saturated carbocycles. The van der Waals surface area contributed by atoms with Gasteiger partial charge in [0, 0.05) is 0 Å². The molecule has 1 rings (SSSR count). The molecule has 0 aliphatic carbocycles. The van der Waals surface area contributed by atoms with Crippen molar-refractivity contribution in [3.63, 3.8) is 0 Å². The van der Waals surface area contributed by atoms with Gasteiger partial charge in [0.15, 0.2) is 5.78 Å². The molecule has 0 fully saturated rings. The van der Waals surface area contributed by atoms with Gasteiger partial charge in [0.1, 0.15) is 11.6 Å². The molecule has 0 radical (unpaired) electrons. The van der Waals surface area contributed by atoms with Gasteiger partial charge >= 0.3 is 0 Å². The largest absolute Gasteiger partial charge is 0.496 e. The van der Waals surface area contributed by atoms with E-state index >= 15 is 0 Å². The fraction of sp³-hybridized carbons (Fsp3) is 0.182. The number of ether oxygens (including phenoxy) is 1. The summed E-state index contributed by atoms with van der Waals surface area (Å²) in [5, 5.41) is 0. The topological polar surface area (TPSA) is 26.3 Å². The molecular formula is C11H11FO2. The Morgan fingerprint density at radius 3 is 2.71 bits per heavy atom. The predicted molar refractivity (Wildman–Crippen MR) is 52.2 cm³/mol. The average Bonchev–Trinajstić information content (AvgIpc) is 2.20. The molecular weight excluding hydrogens is 183 g/mol. The molecule has 0 amide bonds. The quantitative estimate of drug-likeness (QED) is 0.546. The van der Waals surface area contributed by atoms with Gasteiger partial charge in [-0.15, -0.1) is 0 Å². The third-order valence-electron chi connectivity index (χ3n) is 2.01. The van der Waals surface area contributed by atoms with Crippen molar-refractivity contribution >= 4 is 5.78 Å². The van der Waals surface area contributed by atoms with Crippen molar-refractivity contribution in [2.45, 2.75) is 6.92 Å². The van der Waals surface area contributed by atoms with Crippen LogP contribution in [0.25, 0.3) is 0 Å². The van der Waals surface area contributed by atoms with Crippen LogP contribution in [0.3, 0.4) is 0 Å². The number of carbonyl (C=O) groups excluding carboxylic acids is 1. The molecule has 0 heterocycles. The number of ketones is 1. The molecule has 0 unspecified atom stereocenters. The van der Waals surface area contributed by atoms with Crippen LogP contribution in [0, 0.1) is 12.7 Å². The smallest absolute Gasteiger partial charge is 0.189 e. The SMILES string of the molecule is C=CC(=O)c1c(OC)ccc(F)c1C. The van der Waals surface area contributed by atoms with Crippen LogP contribution in [0.4, 0.5) is 4.39 Å². The van der Waals surface area contributed by atoms with E-state index in [2.05, 4.69) is 6.58 Å². The molecule has 0 aliphatic rings. The van der Waals surface area contributed by atoms with Gasteiger partial charge in [-0.05, 0) is 30.7 Å². The molecule has 0 bridgehead atoms. The Morgan fingerprint density at radius 2 is 2.21 bits per heavy atom. The summed E-state index contributed by atoms with van der Waals surface area (Å²) in [5.41, 5.74) is 0.525. The van der Waals surface area contributed by atoms with Gasteiger partial charge in [-0.25, -0.2) is 4.39 Å². The third kappa shape index (κ3) is 1.66. The molecule has 1 aromatic rings. The lowest BCUT2D eigenvalue weighted by molar-refractivity contribution is 0.104. The van der Waals surface area contributed by atoms with E-state index in [-0.39, 0.29) is 16.9 Å². The molecule has 3 heteroatoms. The third-order valence-corrected chi connectivity index (χ3v) is 2.01. The van der Waals surface area contributed by atoms with Crippen molar-refractivity contribution in [3.8, 4) is 5.75 Å². The van der Waals surface area contributed by atoms with Crippen molar-refractivity contribution in [2.75, 3.05) is 7.11 Å². The Kier molecular flexibility index (Phi) is 3.02. The van der Waals surface area contributed by atoms with Crippen LogP contribution in [0.1, 0.15) is 15.9 Å². The minimum atomic E-state index is -0.420. The lowest BCUT2D eigenvalue weighted by atomic mass is 10.0. The Hall–Kier alpha value is -1.64. The van der Waals surface area contributed by atoms with E-state index < -0.39 is 5.82 Å². The number of rotatable bonds is 3. The van der Waals surface area contributed by atoms with Gasteiger partial charge in [0.05, 0.1) is 12.7 Å². The van der Waals surface area contributed by atoms with Crippen LogP contribution in [-0.4, -0.2) is 12.9 Å². The maximum absolute atomic E-state index is 13.2. The second kappa shape index (κ2) is 4.05. The molecule has 74 valence electrons. The Bertz CT molecular complexity index is 383. The van der Waals surface area contributed by atoms with E-state index in [9.17, 15) is 9.18 Å². The van der Waals surface area contributed by atoms with Crippen molar-refractivity contribution in [3.05, 3.63) is 41.7 Å². The van der Waals surface area contributed by atoms with E-state index in [0.29, 0.717) is 5.75 Å². The molecule has 0 saturated heterocycles. The summed E-state index contributed by atoms with van der Waals surface area (Å²) in [4.78, 5) is 11.4. The highest BCUT2D eigenvalue weighted by Gasteiger charge is 2.15. The van der Waals surface area contributed by atoms with Crippen LogP contribution >= 0.6 is 0 Å². The van der Waals surface area contributed by atoms with Crippen LogP contribution in [0.15, 0.2) is 24.8 Å². The van der Waals surface area contributed by atoms with Gasteiger partial charge in [-0.3, -0.25) is 4.79 Å². The molecule has 0 N–H and O–H groups in total. The predicted octanol–water partition coefficient (Wildman–Crippen LogP) is 2.51. The fourth-order valence-corrected chi connectivity index (χ4v) is 1.24. The Labute approximate surface area is 82.0 Å². The number of benzene rings is 1. The number of halogens is 1. The highest BCUT2D eigenvalue weighted by molar-refractivity contribution is 6.07. The maximum atomic E-state index is 13.2. The zero-order chi connectivity index (χ0) is 10.7. The molecule has 0 spiro atoms. The second-order valence-electron chi connectivity index (χ2n) is 2.82. The molecule has 0 aromatic heterocycles. The number of methoxy groups -OCH3 is 1. The van der Waals surface area contributed by atoms with Crippen molar-refractivity contribution in [1.82, 2.24) is 0 Å². The lowest BCUT2D eigenvalue weighted by Gasteiger charge is -2.09. The first-order valence-corrected chi connectivity index (χ1v) is 4.11. The molecule has 0 atom stereocenters. The highest BCUT2D eigenvalue weighted by atomic mass is 19.1. The summed E-state index contributed by atoms with van der Waals surface area (Å²) >= 11 is 0. The van der Waals surface area contributed by atoms with Gasteiger partial charge in [-0.1, -0.05) is 6.58 Å². The normalized spacial score (nSPS) is 9.64. The first kappa shape index (κ1) is 10.4. The first-order chi connectivity index (χ1) is 6.61. The standard InChI is InChI=1S/C11H11FO2/c1-4-9(13)11-7(2)8(12)5-6-10(11)14-3/h4-6H,1H2,2-3H3. The van der Waals surface area contributed by atoms with Gasteiger partial charge < -0.3 is 4.74 Å². The van der Waals surface area contributed by atoms with E-state index in [4.69, 9.17) is 4.74 Å². The van der Waals surface area contributed by atoms with E-state index in [1.165, 1.54) is 26.2 Å². The molecule has 1 aromatic carbocycles. The molecule has 14 heavy (non-hydrogen) atoms. The van der Waals surface area contributed by atoms with E-state index in [1.54, 1.807) is 0 Å². The summed E-state index contributed by atoms with van der Waals surface area (Å²) in [7, 11) is 1.44.